The van der Waals surface area contributed by atoms with Crippen molar-refractivity contribution in [3.63, 3.8) is 0 Å². The van der Waals surface area contributed by atoms with E-state index in [4.69, 9.17) is 5.73 Å². The summed E-state index contributed by atoms with van der Waals surface area (Å²) in [6.07, 6.45) is 1.46. The number of carbonyl (C=O) groups is 1. The molecule has 4 heteroatoms. The number of nitrogens with zero attached hydrogens (tertiary/aromatic N) is 1. The van der Waals surface area contributed by atoms with Gasteiger partial charge in [-0.15, -0.1) is 0 Å². The Hall–Kier alpha value is -0.610. The van der Waals surface area contributed by atoms with Crippen molar-refractivity contribution >= 4 is 5.91 Å². The fourth-order valence-electron chi connectivity index (χ4n) is 1.99. The van der Waals surface area contributed by atoms with Crippen molar-refractivity contribution in [3.05, 3.63) is 0 Å². The SMILES string of the molecule is CCC(CC)(CN)C(=O)N(C)CC(C)(C)O. The summed E-state index contributed by atoms with van der Waals surface area (Å²) in [5.74, 6) is 0.0297. The summed E-state index contributed by atoms with van der Waals surface area (Å²) in [5.41, 5.74) is 4.38. The number of nitrogens with two attached hydrogens (primary N) is 1. The zero-order valence-electron chi connectivity index (χ0n) is 11.2. The van der Waals surface area contributed by atoms with Gasteiger partial charge in [-0.3, -0.25) is 4.79 Å². The molecule has 0 spiro atoms. The van der Waals surface area contributed by atoms with E-state index in [1.165, 1.54) is 0 Å². The molecule has 16 heavy (non-hydrogen) atoms. The zero-order chi connectivity index (χ0) is 13.0. The van der Waals surface area contributed by atoms with E-state index in [1.807, 2.05) is 13.8 Å². The van der Waals surface area contributed by atoms with Gasteiger partial charge in [0.15, 0.2) is 0 Å². The maximum atomic E-state index is 12.3. The molecule has 0 aromatic carbocycles. The highest BCUT2D eigenvalue weighted by molar-refractivity contribution is 5.82. The Bertz CT molecular complexity index is 221. The van der Waals surface area contributed by atoms with Gasteiger partial charge in [-0.25, -0.2) is 0 Å². The number of hydrogen-bond donors (Lipinski definition) is 2. The average molecular weight is 230 g/mol. The van der Waals surface area contributed by atoms with Crippen molar-refractivity contribution in [1.29, 1.82) is 0 Å². The van der Waals surface area contributed by atoms with E-state index in [0.29, 0.717) is 13.1 Å². The quantitative estimate of drug-likeness (QED) is 0.715. The summed E-state index contributed by atoms with van der Waals surface area (Å²) in [7, 11) is 1.72. The van der Waals surface area contributed by atoms with Gasteiger partial charge in [0.1, 0.15) is 0 Å². The van der Waals surface area contributed by atoms with E-state index in [9.17, 15) is 9.90 Å². The van der Waals surface area contributed by atoms with Crippen LogP contribution in [0.25, 0.3) is 0 Å². The molecule has 0 fully saturated rings. The summed E-state index contributed by atoms with van der Waals surface area (Å²) >= 11 is 0. The first-order chi connectivity index (χ1) is 7.22. The second-order valence-electron chi connectivity index (χ2n) is 5.17. The molecule has 0 rings (SSSR count). The monoisotopic (exact) mass is 230 g/mol. The molecule has 1 amide bonds. The molecular weight excluding hydrogens is 204 g/mol. The first kappa shape index (κ1) is 15.4. The van der Waals surface area contributed by atoms with Gasteiger partial charge in [0.25, 0.3) is 0 Å². The molecule has 0 aliphatic heterocycles. The number of amides is 1. The van der Waals surface area contributed by atoms with Crippen LogP contribution in [0.3, 0.4) is 0 Å². The third-order valence-electron chi connectivity index (χ3n) is 3.17. The topological polar surface area (TPSA) is 66.6 Å². The predicted molar refractivity (Wildman–Crippen MR) is 66.0 cm³/mol. The number of likely N-dealkylation sites (N-methyl/N-ethyl adjacent to an activating group) is 1. The Kier molecular flexibility index (Phi) is 5.42. The van der Waals surface area contributed by atoms with Gasteiger partial charge in [0.05, 0.1) is 11.0 Å². The maximum Gasteiger partial charge on any atom is 0.229 e. The second kappa shape index (κ2) is 5.64. The molecule has 0 aromatic rings. The Balaban J connectivity index is 4.75. The van der Waals surface area contributed by atoms with E-state index in [0.717, 1.165) is 12.8 Å². The Labute approximate surface area is 98.8 Å². The van der Waals surface area contributed by atoms with Crippen molar-refractivity contribution < 1.29 is 9.90 Å². The number of rotatable bonds is 6. The van der Waals surface area contributed by atoms with Gasteiger partial charge < -0.3 is 15.7 Å². The summed E-state index contributed by atoms with van der Waals surface area (Å²) in [6.45, 7) is 8.03. The molecule has 0 atom stereocenters. The van der Waals surface area contributed by atoms with Gasteiger partial charge in [-0.1, -0.05) is 13.8 Å². The van der Waals surface area contributed by atoms with Crippen molar-refractivity contribution in [3.8, 4) is 0 Å². The molecule has 0 unspecified atom stereocenters. The number of aliphatic hydroxyl groups is 1. The van der Waals surface area contributed by atoms with Crippen molar-refractivity contribution in [2.45, 2.75) is 46.1 Å². The van der Waals surface area contributed by atoms with E-state index in [-0.39, 0.29) is 5.91 Å². The van der Waals surface area contributed by atoms with E-state index in [1.54, 1.807) is 25.8 Å². The highest BCUT2D eigenvalue weighted by Crippen LogP contribution is 2.27. The lowest BCUT2D eigenvalue weighted by Gasteiger charge is -2.35. The minimum absolute atomic E-state index is 0.0297. The Morgan fingerprint density at radius 3 is 2.00 bits per heavy atom. The second-order valence-corrected chi connectivity index (χ2v) is 5.17. The van der Waals surface area contributed by atoms with Gasteiger partial charge in [0, 0.05) is 20.1 Å². The van der Waals surface area contributed by atoms with Gasteiger partial charge in [-0.05, 0) is 26.7 Å². The third kappa shape index (κ3) is 3.76. The molecule has 0 saturated heterocycles. The van der Waals surface area contributed by atoms with Gasteiger partial charge in [-0.2, -0.15) is 0 Å². The number of hydrogen-bond acceptors (Lipinski definition) is 3. The van der Waals surface area contributed by atoms with Crippen LogP contribution in [0.1, 0.15) is 40.5 Å². The molecular formula is C12H26N2O2. The first-order valence-corrected chi connectivity index (χ1v) is 5.90. The smallest absolute Gasteiger partial charge is 0.229 e. The molecule has 0 bridgehead atoms. The van der Waals surface area contributed by atoms with Crippen LogP contribution < -0.4 is 5.73 Å². The molecule has 0 saturated carbocycles. The van der Waals surface area contributed by atoms with Crippen molar-refractivity contribution in [2.24, 2.45) is 11.1 Å². The number of carbonyl (C=O) groups excluding carboxylic acids is 1. The van der Waals surface area contributed by atoms with Crippen LogP contribution >= 0.6 is 0 Å². The Morgan fingerprint density at radius 2 is 1.75 bits per heavy atom. The molecule has 0 aromatic heterocycles. The molecule has 4 nitrogen and oxygen atoms in total. The largest absolute Gasteiger partial charge is 0.389 e. The van der Waals surface area contributed by atoms with Crippen molar-refractivity contribution in [2.75, 3.05) is 20.1 Å². The van der Waals surface area contributed by atoms with Crippen LogP contribution in [0.5, 0.6) is 0 Å². The molecule has 0 heterocycles. The molecule has 0 aliphatic carbocycles. The summed E-state index contributed by atoms with van der Waals surface area (Å²) in [4.78, 5) is 13.9. The highest BCUT2D eigenvalue weighted by Gasteiger charge is 2.36. The van der Waals surface area contributed by atoms with E-state index < -0.39 is 11.0 Å². The van der Waals surface area contributed by atoms with Gasteiger partial charge >= 0.3 is 0 Å². The lowest BCUT2D eigenvalue weighted by Crippen LogP contribution is -2.49. The summed E-state index contributed by atoms with van der Waals surface area (Å²) in [6, 6.07) is 0. The first-order valence-electron chi connectivity index (χ1n) is 5.90. The predicted octanol–water partition coefficient (Wildman–Crippen LogP) is 0.981. The normalized spacial score (nSPS) is 12.7. The van der Waals surface area contributed by atoms with Gasteiger partial charge in [0.2, 0.25) is 5.91 Å². The maximum absolute atomic E-state index is 12.3. The third-order valence-corrected chi connectivity index (χ3v) is 3.17. The van der Waals surface area contributed by atoms with E-state index in [2.05, 4.69) is 0 Å². The average Bonchev–Trinajstić information content (AvgIpc) is 2.18. The standard InChI is InChI=1S/C12H26N2O2/c1-6-12(7-2,8-13)10(15)14(5)9-11(3,4)16/h16H,6-9,13H2,1-5H3. The minimum atomic E-state index is -0.869. The molecule has 0 aliphatic rings. The Morgan fingerprint density at radius 1 is 1.31 bits per heavy atom. The van der Waals surface area contributed by atoms with Crippen LogP contribution in [-0.2, 0) is 4.79 Å². The fraction of sp³-hybridized carbons (Fsp3) is 0.917. The summed E-state index contributed by atoms with van der Waals surface area (Å²) in [5, 5.41) is 9.70. The minimum Gasteiger partial charge on any atom is -0.389 e. The van der Waals surface area contributed by atoms with Crippen LogP contribution in [0.4, 0.5) is 0 Å². The summed E-state index contributed by atoms with van der Waals surface area (Å²) < 4.78 is 0. The highest BCUT2D eigenvalue weighted by atomic mass is 16.3. The molecule has 3 N–H and O–H groups in total. The zero-order valence-corrected chi connectivity index (χ0v) is 11.2. The molecule has 96 valence electrons. The van der Waals surface area contributed by atoms with Crippen LogP contribution in [0, 0.1) is 5.41 Å². The van der Waals surface area contributed by atoms with Crippen molar-refractivity contribution in [1.82, 2.24) is 4.90 Å². The lowest BCUT2D eigenvalue weighted by molar-refractivity contribution is -0.143. The van der Waals surface area contributed by atoms with Crippen LogP contribution in [0.15, 0.2) is 0 Å². The molecule has 0 radical (unpaired) electrons. The van der Waals surface area contributed by atoms with Crippen LogP contribution in [-0.4, -0.2) is 41.7 Å². The van der Waals surface area contributed by atoms with Crippen LogP contribution in [0.2, 0.25) is 0 Å². The lowest BCUT2D eigenvalue weighted by atomic mass is 9.81. The van der Waals surface area contributed by atoms with E-state index >= 15 is 0 Å². The fourth-order valence-corrected chi connectivity index (χ4v) is 1.99.